The van der Waals surface area contributed by atoms with Crippen molar-refractivity contribution in [3.63, 3.8) is 0 Å². The third kappa shape index (κ3) is 4.19. The van der Waals surface area contributed by atoms with Crippen LogP contribution in [0, 0.1) is 0 Å². The van der Waals surface area contributed by atoms with Crippen molar-refractivity contribution < 1.29 is 49.3 Å². The highest BCUT2D eigenvalue weighted by Gasteiger charge is 2.45. The van der Waals surface area contributed by atoms with E-state index in [2.05, 4.69) is 0 Å². The lowest BCUT2D eigenvalue weighted by molar-refractivity contribution is -0.277. The van der Waals surface area contributed by atoms with Gasteiger partial charge >= 0.3 is 0 Å². The standard InChI is InChI=1S/C22H22O11/c1-30-14-4-9(2-3-11(14)25)13-7-12(26)18-15(31-13)5-10(24)6-16(18)32-22-21(29)20(28)19(27)17(8-23)33-22/h2-7,17,19-25,27-29H,8H2,1H3/t17?,19-,20-,21?,22+/m0/s1. The number of fused-ring (bicyclic) bond motifs is 1. The van der Waals surface area contributed by atoms with Gasteiger partial charge in [0, 0.05) is 23.8 Å². The Hall–Kier alpha value is -3.35. The zero-order chi connectivity index (χ0) is 23.9. The quantitative estimate of drug-likeness (QED) is 0.302. The van der Waals surface area contributed by atoms with E-state index in [0.717, 1.165) is 6.07 Å². The van der Waals surface area contributed by atoms with Gasteiger partial charge in [0.25, 0.3) is 0 Å². The van der Waals surface area contributed by atoms with Crippen LogP contribution >= 0.6 is 0 Å². The Balaban J connectivity index is 1.76. The minimum absolute atomic E-state index is 0.0517. The number of hydrogen-bond acceptors (Lipinski definition) is 11. The fourth-order valence-electron chi connectivity index (χ4n) is 3.59. The molecule has 1 fully saturated rings. The molecule has 0 aliphatic carbocycles. The summed E-state index contributed by atoms with van der Waals surface area (Å²) in [7, 11) is 1.37. The molecule has 6 N–H and O–H groups in total. The first kappa shape index (κ1) is 22.8. The minimum Gasteiger partial charge on any atom is -0.508 e. The summed E-state index contributed by atoms with van der Waals surface area (Å²) in [6.45, 7) is -0.660. The normalized spacial score (nSPS) is 25.2. The monoisotopic (exact) mass is 462 g/mol. The minimum atomic E-state index is -1.71. The van der Waals surface area contributed by atoms with Crippen LogP contribution in [0.4, 0.5) is 0 Å². The van der Waals surface area contributed by atoms with E-state index in [9.17, 15) is 35.4 Å². The van der Waals surface area contributed by atoms with Gasteiger partial charge in [0.15, 0.2) is 16.9 Å². The molecule has 0 saturated carbocycles. The molecule has 0 radical (unpaired) electrons. The number of rotatable bonds is 5. The average molecular weight is 462 g/mol. The highest BCUT2D eigenvalue weighted by atomic mass is 16.7. The summed E-state index contributed by atoms with van der Waals surface area (Å²) >= 11 is 0. The van der Waals surface area contributed by atoms with Crippen molar-refractivity contribution in [2.75, 3.05) is 13.7 Å². The largest absolute Gasteiger partial charge is 0.508 e. The molecule has 33 heavy (non-hydrogen) atoms. The molecule has 1 aromatic heterocycles. The maximum absolute atomic E-state index is 13.0. The van der Waals surface area contributed by atoms with Gasteiger partial charge in [-0.3, -0.25) is 4.79 Å². The topological polar surface area (TPSA) is 179 Å². The fraction of sp³-hybridized carbons (Fsp3) is 0.318. The van der Waals surface area contributed by atoms with Crippen molar-refractivity contribution in [1.82, 2.24) is 0 Å². The molecule has 11 heteroatoms. The van der Waals surface area contributed by atoms with Gasteiger partial charge in [-0.05, 0) is 18.2 Å². The maximum atomic E-state index is 13.0. The first-order valence-electron chi connectivity index (χ1n) is 9.89. The van der Waals surface area contributed by atoms with E-state index in [1.54, 1.807) is 0 Å². The summed E-state index contributed by atoms with van der Waals surface area (Å²) in [4.78, 5) is 13.0. The fourth-order valence-corrected chi connectivity index (χ4v) is 3.59. The first-order valence-corrected chi connectivity index (χ1v) is 9.89. The molecule has 5 atom stereocenters. The van der Waals surface area contributed by atoms with Crippen LogP contribution in [0.3, 0.4) is 0 Å². The lowest BCUT2D eigenvalue weighted by atomic mass is 9.99. The molecular weight excluding hydrogens is 440 g/mol. The summed E-state index contributed by atoms with van der Waals surface area (Å²) in [6, 6.07) is 7.81. The summed E-state index contributed by atoms with van der Waals surface area (Å²) < 4.78 is 21.7. The number of ether oxygens (including phenoxy) is 3. The Labute approximate surface area is 186 Å². The number of aliphatic hydroxyl groups excluding tert-OH is 4. The van der Waals surface area contributed by atoms with Gasteiger partial charge in [-0.2, -0.15) is 0 Å². The number of methoxy groups -OCH3 is 1. The Morgan fingerprint density at radius 3 is 2.42 bits per heavy atom. The second-order valence-electron chi connectivity index (χ2n) is 7.49. The molecule has 0 bridgehead atoms. The van der Waals surface area contributed by atoms with E-state index < -0.39 is 42.7 Å². The third-order valence-electron chi connectivity index (χ3n) is 5.34. The van der Waals surface area contributed by atoms with Crippen LogP contribution in [-0.4, -0.2) is 75.1 Å². The van der Waals surface area contributed by atoms with Crippen LogP contribution in [0.1, 0.15) is 0 Å². The number of aromatic hydroxyl groups is 2. The predicted molar refractivity (Wildman–Crippen MR) is 112 cm³/mol. The lowest BCUT2D eigenvalue weighted by Gasteiger charge is -2.39. The molecular formula is C22H22O11. The van der Waals surface area contributed by atoms with E-state index in [1.807, 2.05) is 0 Å². The molecule has 0 spiro atoms. The Bertz CT molecular complexity index is 1220. The number of benzene rings is 2. The van der Waals surface area contributed by atoms with Crippen LogP contribution in [0.25, 0.3) is 22.3 Å². The molecule has 1 aliphatic rings. The van der Waals surface area contributed by atoms with Gasteiger partial charge in [0.1, 0.15) is 52.6 Å². The summed E-state index contributed by atoms with van der Waals surface area (Å²) in [6.07, 6.45) is -7.76. The predicted octanol–water partition coefficient (Wildman–Crippen LogP) is 0.0585. The van der Waals surface area contributed by atoms with Crippen LogP contribution < -0.4 is 14.9 Å². The Morgan fingerprint density at radius 1 is 0.970 bits per heavy atom. The van der Waals surface area contributed by atoms with E-state index in [1.165, 1.54) is 37.4 Å². The zero-order valence-electron chi connectivity index (χ0n) is 17.3. The van der Waals surface area contributed by atoms with Crippen molar-refractivity contribution >= 4 is 11.0 Å². The van der Waals surface area contributed by atoms with E-state index >= 15 is 0 Å². The lowest BCUT2D eigenvalue weighted by Crippen LogP contribution is -2.60. The maximum Gasteiger partial charge on any atom is 0.229 e. The third-order valence-corrected chi connectivity index (χ3v) is 5.34. The Morgan fingerprint density at radius 2 is 1.73 bits per heavy atom. The number of aliphatic hydroxyl groups is 4. The van der Waals surface area contributed by atoms with Crippen molar-refractivity contribution in [3.8, 4) is 34.3 Å². The molecule has 11 nitrogen and oxygen atoms in total. The van der Waals surface area contributed by atoms with E-state index in [0.29, 0.717) is 5.56 Å². The molecule has 2 aromatic carbocycles. The van der Waals surface area contributed by atoms with Crippen LogP contribution in [0.15, 0.2) is 45.6 Å². The molecule has 1 saturated heterocycles. The van der Waals surface area contributed by atoms with Crippen molar-refractivity contribution in [2.24, 2.45) is 0 Å². The van der Waals surface area contributed by atoms with E-state index in [4.69, 9.17) is 18.6 Å². The second-order valence-corrected chi connectivity index (χ2v) is 7.49. The van der Waals surface area contributed by atoms with Crippen molar-refractivity contribution in [3.05, 3.63) is 46.6 Å². The van der Waals surface area contributed by atoms with Crippen LogP contribution in [-0.2, 0) is 4.74 Å². The van der Waals surface area contributed by atoms with Gasteiger partial charge in [-0.15, -0.1) is 0 Å². The summed E-state index contributed by atoms with van der Waals surface area (Å²) in [5, 5.41) is 59.3. The molecule has 2 heterocycles. The molecule has 1 aliphatic heterocycles. The number of hydrogen-bond donors (Lipinski definition) is 6. The zero-order valence-corrected chi connectivity index (χ0v) is 17.3. The van der Waals surface area contributed by atoms with Gasteiger partial charge in [0.2, 0.25) is 6.29 Å². The second kappa shape index (κ2) is 8.89. The number of phenolic OH excluding ortho intramolecular Hbond substituents is 2. The smallest absolute Gasteiger partial charge is 0.229 e. The van der Waals surface area contributed by atoms with Crippen molar-refractivity contribution in [1.29, 1.82) is 0 Å². The first-order chi connectivity index (χ1) is 15.7. The Kier molecular flexibility index (Phi) is 6.15. The molecule has 176 valence electrons. The van der Waals surface area contributed by atoms with E-state index in [-0.39, 0.29) is 39.7 Å². The highest BCUT2D eigenvalue weighted by molar-refractivity contribution is 5.86. The molecule has 0 amide bonds. The highest BCUT2D eigenvalue weighted by Crippen LogP contribution is 2.35. The average Bonchev–Trinajstić information content (AvgIpc) is 2.79. The summed E-state index contributed by atoms with van der Waals surface area (Å²) in [5.74, 6) is -0.353. The van der Waals surface area contributed by atoms with Crippen molar-refractivity contribution in [2.45, 2.75) is 30.7 Å². The summed E-state index contributed by atoms with van der Waals surface area (Å²) in [5.41, 5.74) is -0.189. The van der Waals surface area contributed by atoms with Gasteiger partial charge in [-0.25, -0.2) is 0 Å². The van der Waals surface area contributed by atoms with Crippen LogP contribution in [0.2, 0.25) is 0 Å². The SMILES string of the molecule is COc1cc(-c2cc(=O)c3c(O[C@@H]4OC(CO)[C@H](O)[C@H](O)C4O)cc(O)cc3o2)ccc1O. The van der Waals surface area contributed by atoms with Gasteiger partial charge in [0.05, 0.1) is 13.7 Å². The van der Waals surface area contributed by atoms with Crippen LogP contribution in [0.5, 0.6) is 23.0 Å². The molecule has 4 rings (SSSR count). The van der Waals surface area contributed by atoms with Gasteiger partial charge in [-0.1, -0.05) is 0 Å². The molecule has 2 unspecified atom stereocenters. The molecule has 3 aromatic rings. The number of phenols is 2. The van der Waals surface area contributed by atoms with Gasteiger partial charge < -0.3 is 49.3 Å².